The molecule has 7 heteroatoms. The van der Waals surface area contributed by atoms with Gasteiger partial charge in [-0.25, -0.2) is 9.18 Å². The van der Waals surface area contributed by atoms with Crippen LogP contribution in [-0.4, -0.2) is 30.0 Å². The lowest BCUT2D eigenvalue weighted by atomic mass is 10.0. The van der Waals surface area contributed by atoms with Gasteiger partial charge in [0, 0.05) is 24.2 Å². The topological polar surface area (TPSA) is 92.9 Å². The van der Waals surface area contributed by atoms with E-state index in [1.54, 1.807) is 4.90 Å². The van der Waals surface area contributed by atoms with Crippen LogP contribution in [0, 0.1) is 5.82 Å². The smallest absolute Gasteiger partial charge is 0.333 e. The number of nitrogens with two attached hydrogens (primary N) is 1. The average molecular weight is 306 g/mol. The number of carbonyl (C=O) groups excluding carboxylic acids is 1. The van der Waals surface area contributed by atoms with Gasteiger partial charge < -0.3 is 20.5 Å². The van der Waals surface area contributed by atoms with Crippen LogP contribution in [-0.2, 0) is 4.79 Å². The number of halogens is 1. The van der Waals surface area contributed by atoms with E-state index < -0.39 is 17.6 Å². The highest BCUT2D eigenvalue weighted by Crippen LogP contribution is 2.46. The fourth-order valence-corrected chi connectivity index (χ4v) is 2.62. The zero-order valence-electron chi connectivity index (χ0n) is 11.9. The molecule has 3 N–H and O–H groups in total. The first-order chi connectivity index (χ1) is 10.4. The molecule has 3 rings (SSSR count). The van der Waals surface area contributed by atoms with Gasteiger partial charge in [0.15, 0.2) is 17.3 Å². The van der Waals surface area contributed by atoms with Crippen LogP contribution in [0.15, 0.2) is 17.8 Å². The number of carboxylic acid groups (broad SMARTS) is 1. The quantitative estimate of drug-likeness (QED) is 0.829. The van der Waals surface area contributed by atoms with Gasteiger partial charge in [-0.2, -0.15) is 0 Å². The Morgan fingerprint density at radius 1 is 1.50 bits per heavy atom. The lowest BCUT2D eigenvalue weighted by Gasteiger charge is -2.25. The molecule has 1 aliphatic heterocycles. The highest BCUT2D eigenvalue weighted by Gasteiger charge is 2.37. The van der Waals surface area contributed by atoms with E-state index in [1.165, 1.54) is 13.3 Å². The third kappa shape index (κ3) is 2.18. The fourth-order valence-electron chi connectivity index (χ4n) is 2.62. The molecule has 116 valence electrons. The molecule has 0 unspecified atom stereocenters. The highest BCUT2D eigenvalue weighted by molar-refractivity contribution is 6.09. The molecule has 2 aliphatic rings. The van der Waals surface area contributed by atoms with Crippen molar-refractivity contribution in [2.24, 2.45) is 0 Å². The molecule has 1 aliphatic carbocycles. The average Bonchev–Trinajstić information content (AvgIpc) is 3.29. The summed E-state index contributed by atoms with van der Waals surface area (Å²) in [5.74, 6) is -2.32. The van der Waals surface area contributed by atoms with Crippen LogP contribution >= 0.6 is 0 Å². The van der Waals surface area contributed by atoms with Crippen molar-refractivity contribution in [1.82, 2.24) is 0 Å². The highest BCUT2D eigenvalue weighted by atomic mass is 19.1. The molecule has 1 aromatic carbocycles. The summed E-state index contributed by atoms with van der Waals surface area (Å²) in [5.41, 5.74) is 5.95. The van der Waals surface area contributed by atoms with E-state index in [4.69, 9.17) is 10.5 Å². The number of hydrogen-bond donors (Lipinski definition) is 2. The fraction of sp³-hybridized carbons (Fsp3) is 0.333. The molecule has 1 saturated carbocycles. The van der Waals surface area contributed by atoms with Crippen LogP contribution in [0.1, 0.15) is 29.6 Å². The number of ether oxygens (including phenoxy) is 1. The van der Waals surface area contributed by atoms with Crippen molar-refractivity contribution < 1.29 is 23.8 Å². The summed E-state index contributed by atoms with van der Waals surface area (Å²) in [6.07, 6.45) is 2.86. The molecular formula is C15H15FN2O4. The summed E-state index contributed by atoms with van der Waals surface area (Å²) in [6, 6.07) is 1.13. The number of nitrogens with zero attached hydrogens (tertiary/aromatic N) is 1. The molecule has 0 amide bonds. The second kappa shape index (κ2) is 5.01. The Morgan fingerprint density at radius 2 is 2.18 bits per heavy atom. The Morgan fingerprint density at radius 3 is 2.73 bits per heavy atom. The predicted octanol–water partition coefficient (Wildman–Crippen LogP) is 1.94. The number of aliphatic carboxylic acids is 1. The molecule has 0 aromatic heterocycles. The molecule has 1 aromatic rings. The summed E-state index contributed by atoms with van der Waals surface area (Å²) in [5, 5.41) is 9.24. The summed E-state index contributed by atoms with van der Waals surface area (Å²) >= 11 is 0. The number of ketones is 1. The van der Waals surface area contributed by atoms with Gasteiger partial charge in [-0.05, 0) is 18.9 Å². The van der Waals surface area contributed by atoms with Crippen LogP contribution in [0.25, 0.3) is 0 Å². The maximum Gasteiger partial charge on any atom is 0.333 e. The molecule has 0 saturated heterocycles. The van der Waals surface area contributed by atoms with Crippen LogP contribution < -0.4 is 15.4 Å². The Hall–Kier alpha value is -2.57. The SMILES string of the molecule is COc1c(N)c(F)cc2c1N(C1CC1)C=C(C(=O)O)CC2=O. The number of anilines is 2. The lowest BCUT2D eigenvalue weighted by Crippen LogP contribution is -2.22. The van der Waals surface area contributed by atoms with E-state index in [2.05, 4.69) is 0 Å². The van der Waals surface area contributed by atoms with Crippen molar-refractivity contribution in [3.8, 4) is 5.75 Å². The number of benzene rings is 1. The Balaban J connectivity index is 2.27. The minimum atomic E-state index is -1.17. The van der Waals surface area contributed by atoms with Crippen molar-refractivity contribution in [1.29, 1.82) is 0 Å². The van der Waals surface area contributed by atoms with E-state index in [1.807, 2.05) is 0 Å². The number of methoxy groups -OCH3 is 1. The van der Waals surface area contributed by atoms with Crippen molar-refractivity contribution in [3.05, 3.63) is 29.2 Å². The van der Waals surface area contributed by atoms with E-state index in [-0.39, 0.29) is 35.0 Å². The van der Waals surface area contributed by atoms with E-state index in [9.17, 15) is 19.1 Å². The van der Waals surface area contributed by atoms with Gasteiger partial charge in [0.2, 0.25) is 0 Å². The minimum absolute atomic E-state index is 0.0332. The third-order valence-corrected chi connectivity index (χ3v) is 3.87. The van der Waals surface area contributed by atoms with Crippen LogP contribution in [0.3, 0.4) is 0 Å². The number of Topliss-reactive ketones (excluding diaryl/α,β-unsaturated/α-hetero) is 1. The number of rotatable bonds is 3. The first-order valence-electron chi connectivity index (χ1n) is 6.85. The normalized spacial score (nSPS) is 17.6. The largest absolute Gasteiger partial charge is 0.492 e. The van der Waals surface area contributed by atoms with Gasteiger partial charge in [-0.15, -0.1) is 0 Å². The van der Waals surface area contributed by atoms with Crippen molar-refractivity contribution in [3.63, 3.8) is 0 Å². The summed E-state index contributed by atoms with van der Waals surface area (Å²) in [6.45, 7) is 0. The molecule has 0 atom stereocenters. The second-order valence-electron chi connectivity index (χ2n) is 5.40. The number of fused-ring (bicyclic) bond motifs is 1. The zero-order valence-corrected chi connectivity index (χ0v) is 11.9. The number of hydrogen-bond acceptors (Lipinski definition) is 5. The van der Waals surface area contributed by atoms with Gasteiger partial charge in [0.05, 0.1) is 18.4 Å². The van der Waals surface area contributed by atoms with Crippen molar-refractivity contribution in [2.75, 3.05) is 17.7 Å². The van der Waals surface area contributed by atoms with Gasteiger partial charge in [-0.3, -0.25) is 4.79 Å². The molecule has 0 spiro atoms. The summed E-state index contributed by atoms with van der Waals surface area (Å²) in [4.78, 5) is 25.3. The Bertz CT molecular complexity index is 710. The number of carboxylic acids is 1. The van der Waals surface area contributed by atoms with Gasteiger partial charge in [0.25, 0.3) is 0 Å². The first kappa shape index (κ1) is 14.4. The maximum absolute atomic E-state index is 14.0. The van der Waals surface area contributed by atoms with Gasteiger partial charge >= 0.3 is 5.97 Å². The molecule has 0 radical (unpaired) electrons. The van der Waals surface area contributed by atoms with Gasteiger partial charge in [-0.1, -0.05) is 0 Å². The maximum atomic E-state index is 14.0. The van der Waals surface area contributed by atoms with Crippen molar-refractivity contribution >= 4 is 23.1 Å². The minimum Gasteiger partial charge on any atom is -0.492 e. The molecule has 22 heavy (non-hydrogen) atoms. The lowest BCUT2D eigenvalue weighted by molar-refractivity contribution is -0.132. The molecular weight excluding hydrogens is 291 g/mol. The van der Waals surface area contributed by atoms with Gasteiger partial charge in [0.1, 0.15) is 5.69 Å². The Kier molecular flexibility index (Phi) is 3.27. The monoisotopic (exact) mass is 306 g/mol. The first-order valence-corrected chi connectivity index (χ1v) is 6.85. The molecule has 0 bridgehead atoms. The van der Waals surface area contributed by atoms with Crippen LogP contribution in [0.2, 0.25) is 0 Å². The number of carbonyl (C=O) groups is 2. The molecule has 1 fully saturated rings. The third-order valence-electron chi connectivity index (χ3n) is 3.87. The second-order valence-corrected chi connectivity index (χ2v) is 5.40. The molecule has 1 heterocycles. The van der Waals surface area contributed by atoms with E-state index in [0.717, 1.165) is 18.9 Å². The van der Waals surface area contributed by atoms with Crippen LogP contribution in [0.5, 0.6) is 5.75 Å². The standard InChI is InChI=1S/C15H15FN2O4/c1-22-14-12(17)10(16)5-9-11(19)4-7(15(20)21)6-18(13(9)14)8-2-3-8/h5-6,8H,2-4,17H2,1H3,(H,20,21). The summed E-state index contributed by atoms with van der Waals surface area (Å²) < 4.78 is 19.1. The zero-order chi connectivity index (χ0) is 16.0. The predicted molar refractivity (Wildman–Crippen MR) is 77.5 cm³/mol. The summed E-state index contributed by atoms with van der Waals surface area (Å²) in [7, 11) is 1.34. The van der Waals surface area contributed by atoms with Crippen LogP contribution in [0.4, 0.5) is 15.8 Å². The molecule has 6 nitrogen and oxygen atoms in total. The Labute approximate surface area is 126 Å². The van der Waals surface area contributed by atoms with E-state index in [0.29, 0.717) is 5.69 Å². The van der Waals surface area contributed by atoms with E-state index >= 15 is 0 Å². The van der Waals surface area contributed by atoms with Crippen molar-refractivity contribution in [2.45, 2.75) is 25.3 Å². The number of nitrogen functional groups attached to an aromatic ring is 1.